The van der Waals surface area contributed by atoms with E-state index in [2.05, 4.69) is 0 Å². The molecule has 4 heteroatoms. The summed E-state index contributed by atoms with van der Waals surface area (Å²) in [5.41, 5.74) is 1.79. The van der Waals surface area contributed by atoms with Crippen LogP contribution in [0.3, 0.4) is 0 Å². The van der Waals surface area contributed by atoms with Crippen LogP contribution in [0.2, 0.25) is 0 Å². The maximum atomic E-state index is 12.0. The van der Waals surface area contributed by atoms with E-state index >= 15 is 0 Å². The van der Waals surface area contributed by atoms with Crippen LogP contribution < -0.4 is 4.74 Å². The first-order valence-corrected chi connectivity index (χ1v) is 5.97. The molecule has 2 atom stereocenters. The number of nitrogens with zero attached hydrogens (tertiary/aromatic N) is 1. The van der Waals surface area contributed by atoms with Crippen molar-refractivity contribution in [1.82, 2.24) is 4.90 Å². The fourth-order valence-electron chi connectivity index (χ4n) is 2.50. The van der Waals surface area contributed by atoms with Gasteiger partial charge in [0.05, 0.1) is 19.8 Å². The van der Waals surface area contributed by atoms with Gasteiger partial charge in [-0.3, -0.25) is 4.79 Å². The number of hydrogen-bond donors (Lipinski definition) is 0. The number of carbonyl (C=O) groups excluding carboxylic acids is 1. The van der Waals surface area contributed by atoms with E-state index in [1.54, 1.807) is 12.0 Å². The summed E-state index contributed by atoms with van der Waals surface area (Å²) in [5.74, 6) is 0.869. The molecule has 0 aromatic heterocycles. The second-order valence-corrected chi connectivity index (χ2v) is 4.59. The van der Waals surface area contributed by atoms with E-state index in [0.29, 0.717) is 6.61 Å². The Kier molecular flexibility index (Phi) is 2.59. The minimum atomic E-state index is -0.276. The lowest BCUT2D eigenvalue weighted by Gasteiger charge is -2.23. The summed E-state index contributed by atoms with van der Waals surface area (Å²) in [4.78, 5) is 13.8. The quantitative estimate of drug-likeness (QED) is 0.798. The van der Waals surface area contributed by atoms with Crippen molar-refractivity contribution in [2.45, 2.75) is 19.2 Å². The number of fused-ring (bicyclic) bond motifs is 1. The van der Waals surface area contributed by atoms with Crippen LogP contribution in [0.4, 0.5) is 0 Å². The lowest BCUT2D eigenvalue weighted by Crippen LogP contribution is -2.32. The largest absolute Gasteiger partial charge is 0.497 e. The molecule has 2 aliphatic heterocycles. The molecule has 0 N–H and O–H groups in total. The molecule has 1 aromatic carbocycles. The van der Waals surface area contributed by atoms with E-state index in [4.69, 9.17) is 9.47 Å². The van der Waals surface area contributed by atoms with E-state index in [1.165, 1.54) is 0 Å². The number of methoxy groups -OCH3 is 1. The Morgan fingerprint density at radius 3 is 2.72 bits per heavy atom. The predicted molar refractivity (Wildman–Crippen MR) is 66.1 cm³/mol. The van der Waals surface area contributed by atoms with Gasteiger partial charge in [-0.1, -0.05) is 18.2 Å². The number of rotatable bonds is 2. The molecule has 1 aromatic rings. The SMILES string of the molecule is COc1ccc([C@H]2OC[C@@H]3C=C(C)C(=O)N23)cc1. The Labute approximate surface area is 106 Å². The molecule has 0 aliphatic carbocycles. The van der Waals surface area contributed by atoms with Crippen LogP contribution in [0.25, 0.3) is 0 Å². The first-order chi connectivity index (χ1) is 8.70. The Morgan fingerprint density at radius 2 is 2.06 bits per heavy atom. The minimum Gasteiger partial charge on any atom is -0.497 e. The molecule has 0 unspecified atom stereocenters. The smallest absolute Gasteiger partial charge is 0.252 e. The average molecular weight is 245 g/mol. The molecule has 18 heavy (non-hydrogen) atoms. The van der Waals surface area contributed by atoms with Crippen LogP contribution >= 0.6 is 0 Å². The summed E-state index contributed by atoms with van der Waals surface area (Å²) in [5, 5.41) is 0. The van der Waals surface area contributed by atoms with Gasteiger partial charge in [0.2, 0.25) is 0 Å². The Bertz CT molecular complexity index is 506. The second kappa shape index (κ2) is 4.14. The van der Waals surface area contributed by atoms with Gasteiger partial charge >= 0.3 is 0 Å². The standard InChI is InChI=1S/C14H15NO3/c1-9-7-11-8-18-14(15(11)13(9)16)10-3-5-12(17-2)6-4-10/h3-7,11,14H,8H2,1-2H3/t11-,14+/m0/s1. The third-order valence-corrected chi connectivity index (χ3v) is 3.45. The second-order valence-electron chi connectivity index (χ2n) is 4.59. The maximum Gasteiger partial charge on any atom is 0.252 e. The molecule has 0 bridgehead atoms. The molecule has 0 saturated carbocycles. The predicted octanol–water partition coefficient (Wildman–Crippen LogP) is 1.88. The van der Waals surface area contributed by atoms with Crippen LogP contribution in [-0.2, 0) is 9.53 Å². The zero-order chi connectivity index (χ0) is 12.7. The molecular weight excluding hydrogens is 230 g/mol. The lowest BCUT2D eigenvalue weighted by molar-refractivity contribution is -0.131. The molecule has 94 valence electrons. The molecule has 0 radical (unpaired) electrons. The highest BCUT2D eigenvalue weighted by molar-refractivity contribution is 5.96. The Morgan fingerprint density at radius 1 is 1.33 bits per heavy atom. The highest BCUT2D eigenvalue weighted by Gasteiger charge is 2.42. The molecule has 2 aliphatic rings. The van der Waals surface area contributed by atoms with Crippen molar-refractivity contribution in [2.75, 3.05) is 13.7 Å². The highest BCUT2D eigenvalue weighted by atomic mass is 16.5. The summed E-state index contributed by atoms with van der Waals surface area (Å²) in [6.07, 6.45) is 1.70. The van der Waals surface area contributed by atoms with Crippen molar-refractivity contribution in [3.8, 4) is 5.75 Å². The summed E-state index contributed by atoms with van der Waals surface area (Å²) >= 11 is 0. The Hall–Kier alpha value is -1.81. The van der Waals surface area contributed by atoms with Crippen LogP contribution in [0.1, 0.15) is 18.7 Å². The molecule has 1 fully saturated rings. The van der Waals surface area contributed by atoms with Gasteiger partial charge in [0.25, 0.3) is 5.91 Å². The third kappa shape index (κ3) is 1.61. The van der Waals surface area contributed by atoms with Crippen molar-refractivity contribution in [3.63, 3.8) is 0 Å². The van der Waals surface area contributed by atoms with Crippen LogP contribution in [-0.4, -0.2) is 30.6 Å². The van der Waals surface area contributed by atoms with E-state index in [9.17, 15) is 4.79 Å². The first-order valence-electron chi connectivity index (χ1n) is 5.97. The average Bonchev–Trinajstić information content (AvgIpc) is 2.92. The topological polar surface area (TPSA) is 38.8 Å². The Balaban J connectivity index is 1.87. The van der Waals surface area contributed by atoms with Crippen LogP contribution in [0.5, 0.6) is 5.75 Å². The van der Waals surface area contributed by atoms with Crippen molar-refractivity contribution in [2.24, 2.45) is 0 Å². The van der Waals surface area contributed by atoms with E-state index < -0.39 is 0 Å². The summed E-state index contributed by atoms with van der Waals surface area (Å²) in [7, 11) is 1.63. The molecule has 2 heterocycles. The molecule has 4 nitrogen and oxygen atoms in total. The van der Waals surface area contributed by atoms with Crippen molar-refractivity contribution in [1.29, 1.82) is 0 Å². The van der Waals surface area contributed by atoms with E-state index in [-0.39, 0.29) is 18.2 Å². The van der Waals surface area contributed by atoms with Crippen molar-refractivity contribution >= 4 is 5.91 Å². The highest BCUT2D eigenvalue weighted by Crippen LogP contribution is 2.36. The maximum absolute atomic E-state index is 12.0. The summed E-state index contributed by atoms with van der Waals surface area (Å²) in [6.45, 7) is 2.42. The van der Waals surface area contributed by atoms with Gasteiger partial charge in [-0.15, -0.1) is 0 Å². The van der Waals surface area contributed by atoms with Gasteiger partial charge in [-0.05, 0) is 19.1 Å². The van der Waals surface area contributed by atoms with Gasteiger partial charge in [0.15, 0.2) is 6.23 Å². The van der Waals surface area contributed by atoms with Crippen LogP contribution in [0.15, 0.2) is 35.9 Å². The van der Waals surface area contributed by atoms with Crippen molar-refractivity contribution < 1.29 is 14.3 Å². The summed E-state index contributed by atoms with van der Waals surface area (Å²) in [6, 6.07) is 7.73. The summed E-state index contributed by atoms with van der Waals surface area (Å²) < 4.78 is 10.8. The molecule has 1 saturated heterocycles. The molecule has 3 rings (SSSR count). The number of ether oxygens (including phenoxy) is 2. The van der Waals surface area contributed by atoms with Gasteiger partial charge < -0.3 is 14.4 Å². The monoisotopic (exact) mass is 245 g/mol. The van der Waals surface area contributed by atoms with Crippen LogP contribution in [0, 0.1) is 0 Å². The zero-order valence-corrected chi connectivity index (χ0v) is 10.4. The minimum absolute atomic E-state index is 0.0679. The van der Waals surface area contributed by atoms with E-state index in [0.717, 1.165) is 16.9 Å². The number of carbonyl (C=O) groups is 1. The molecular formula is C14H15NO3. The van der Waals surface area contributed by atoms with Gasteiger partial charge in [-0.2, -0.15) is 0 Å². The number of benzene rings is 1. The molecule has 1 amide bonds. The van der Waals surface area contributed by atoms with Gasteiger partial charge in [-0.25, -0.2) is 0 Å². The number of amides is 1. The van der Waals surface area contributed by atoms with Crippen molar-refractivity contribution in [3.05, 3.63) is 41.5 Å². The van der Waals surface area contributed by atoms with Gasteiger partial charge in [0.1, 0.15) is 5.75 Å². The fraction of sp³-hybridized carbons (Fsp3) is 0.357. The molecule has 0 spiro atoms. The normalized spacial score (nSPS) is 26.2. The zero-order valence-electron chi connectivity index (χ0n) is 10.4. The lowest BCUT2D eigenvalue weighted by atomic mass is 10.1. The van der Waals surface area contributed by atoms with E-state index in [1.807, 2.05) is 37.3 Å². The fourth-order valence-corrected chi connectivity index (χ4v) is 2.50. The third-order valence-electron chi connectivity index (χ3n) is 3.45. The van der Waals surface area contributed by atoms with Gasteiger partial charge in [0, 0.05) is 11.1 Å². The number of hydrogen-bond acceptors (Lipinski definition) is 3. The first kappa shape index (κ1) is 11.3.